The zero-order valence-corrected chi connectivity index (χ0v) is 11.9. The lowest BCUT2D eigenvalue weighted by molar-refractivity contribution is 0.560. The maximum absolute atomic E-state index is 12.0. The Morgan fingerprint density at radius 2 is 2.09 bits per heavy atom. The standard InChI is InChI=1S/C16H11N5O2/c17-9-13-14(11-5-2-1-3-6-11)19-16(20-15(13)22)21-18-10-12-7-4-8-23-12/h1-8,10H,(H2,19,20,21,22)/b18-10-. The number of nitrogens with zero attached hydrogens (tertiary/aromatic N) is 3. The van der Waals surface area contributed by atoms with E-state index in [2.05, 4.69) is 20.5 Å². The summed E-state index contributed by atoms with van der Waals surface area (Å²) in [5.74, 6) is 0.687. The van der Waals surface area contributed by atoms with Crippen LogP contribution in [-0.4, -0.2) is 16.2 Å². The lowest BCUT2D eigenvalue weighted by atomic mass is 10.1. The van der Waals surface area contributed by atoms with Gasteiger partial charge in [-0.1, -0.05) is 30.3 Å². The second kappa shape index (κ2) is 6.41. The van der Waals surface area contributed by atoms with Crippen molar-refractivity contribution < 1.29 is 4.42 Å². The van der Waals surface area contributed by atoms with E-state index in [4.69, 9.17) is 4.42 Å². The second-order valence-electron chi connectivity index (χ2n) is 4.50. The first-order chi connectivity index (χ1) is 11.3. The molecular formula is C16H11N5O2. The molecule has 0 unspecified atom stereocenters. The Morgan fingerprint density at radius 3 is 2.78 bits per heavy atom. The summed E-state index contributed by atoms with van der Waals surface area (Å²) in [6.07, 6.45) is 2.97. The lowest BCUT2D eigenvalue weighted by Gasteiger charge is -2.05. The van der Waals surface area contributed by atoms with Crippen LogP contribution < -0.4 is 11.0 Å². The van der Waals surface area contributed by atoms with Crippen LogP contribution in [0.1, 0.15) is 11.3 Å². The van der Waals surface area contributed by atoms with Crippen LogP contribution >= 0.6 is 0 Å². The number of hydrogen-bond donors (Lipinski definition) is 2. The van der Waals surface area contributed by atoms with E-state index in [9.17, 15) is 10.1 Å². The Kier molecular flexibility index (Phi) is 3.98. The molecule has 3 aromatic rings. The number of hydrazone groups is 1. The predicted molar refractivity (Wildman–Crippen MR) is 84.9 cm³/mol. The van der Waals surface area contributed by atoms with E-state index in [0.717, 1.165) is 0 Å². The van der Waals surface area contributed by atoms with Crippen molar-refractivity contribution in [2.45, 2.75) is 0 Å². The summed E-state index contributed by atoms with van der Waals surface area (Å²) in [6, 6.07) is 14.4. The fraction of sp³-hybridized carbons (Fsp3) is 0. The molecule has 0 aliphatic heterocycles. The first kappa shape index (κ1) is 14.3. The van der Waals surface area contributed by atoms with Crippen LogP contribution in [0, 0.1) is 11.3 Å². The molecule has 0 fully saturated rings. The monoisotopic (exact) mass is 305 g/mol. The van der Waals surface area contributed by atoms with Gasteiger partial charge in [-0.25, -0.2) is 10.4 Å². The van der Waals surface area contributed by atoms with Crippen molar-refractivity contribution in [3.63, 3.8) is 0 Å². The molecule has 0 spiro atoms. The summed E-state index contributed by atoms with van der Waals surface area (Å²) in [6.45, 7) is 0. The van der Waals surface area contributed by atoms with Crippen LogP contribution in [0.4, 0.5) is 5.95 Å². The van der Waals surface area contributed by atoms with Gasteiger partial charge in [-0.05, 0) is 12.1 Å². The zero-order chi connectivity index (χ0) is 16.1. The van der Waals surface area contributed by atoms with Gasteiger partial charge in [0.05, 0.1) is 18.2 Å². The molecular weight excluding hydrogens is 294 g/mol. The van der Waals surface area contributed by atoms with E-state index in [1.807, 2.05) is 24.3 Å². The summed E-state index contributed by atoms with van der Waals surface area (Å²) >= 11 is 0. The summed E-state index contributed by atoms with van der Waals surface area (Å²) in [4.78, 5) is 18.8. The molecule has 0 saturated heterocycles. The molecule has 0 radical (unpaired) electrons. The van der Waals surface area contributed by atoms with Gasteiger partial charge in [-0.15, -0.1) is 0 Å². The van der Waals surface area contributed by atoms with Gasteiger partial charge in [0.1, 0.15) is 17.4 Å². The Morgan fingerprint density at radius 1 is 1.26 bits per heavy atom. The van der Waals surface area contributed by atoms with Crippen LogP contribution in [0.15, 0.2) is 63.0 Å². The van der Waals surface area contributed by atoms with Crippen molar-refractivity contribution in [2.75, 3.05) is 5.43 Å². The first-order valence-electron chi connectivity index (χ1n) is 6.70. The third-order valence-electron chi connectivity index (χ3n) is 2.98. The van der Waals surface area contributed by atoms with E-state index in [1.165, 1.54) is 12.5 Å². The molecule has 7 heteroatoms. The SMILES string of the molecule is N#Cc1c(-c2ccccc2)nc(N/N=C\c2ccco2)[nH]c1=O. The smallest absolute Gasteiger partial charge is 0.270 e. The number of aromatic amines is 1. The Bertz CT molecular complexity index is 921. The topological polar surface area (TPSA) is 107 Å². The third kappa shape index (κ3) is 3.16. The first-order valence-corrected chi connectivity index (χ1v) is 6.70. The summed E-state index contributed by atoms with van der Waals surface area (Å²) in [5.41, 5.74) is 3.02. The minimum Gasteiger partial charge on any atom is -0.463 e. The van der Waals surface area contributed by atoms with E-state index < -0.39 is 5.56 Å². The number of nitrogens with one attached hydrogen (secondary N) is 2. The van der Waals surface area contributed by atoms with E-state index in [0.29, 0.717) is 17.0 Å². The molecule has 3 rings (SSSR count). The Labute approximate surface area is 130 Å². The molecule has 1 aromatic carbocycles. The fourth-order valence-electron chi connectivity index (χ4n) is 1.96. The van der Waals surface area contributed by atoms with Crippen molar-refractivity contribution in [3.05, 3.63) is 70.4 Å². The maximum Gasteiger partial charge on any atom is 0.270 e. The van der Waals surface area contributed by atoms with E-state index >= 15 is 0 Å². The lowest BCUT2D eigenvalue weighted by Crippen LogP contribution is -2.16. The molecule has 2 aromatic heterocycles. The third-order valence-corrected chi connectivity index (χ3v) is 2.98. The number of H-pyrrole nitrogens is 1. The number of nitriles is 1. The highest BCUT2D eigenvalue weighted by Crippen LogP contribution is 2.19. The van der Waals surface area contributed by atoms with Gasteiger partial charge in [0.2, 0.25) is 5.95 Å². The van der Waals surface area contributed by atoms with Crippen molar-refractivity contribution in [3.8, 4) is 17.3 Å². The van der Waals surface area contributed by atoms with Gasteiger partial charge in [-0.3, -0.25) is 9.78 Å². The molecule has 0 aliphatic rings. The number of rotatable bonds is 4. The average molecular weight is 305 g/mol. The van der Waals surface area contributed by atoms with Crippen LogP contribution in [0.25, 0.3) is 11.3 Å². The Hall–Kier alpha value is -3.66. The van der Waals surface area contributed by atoms with Gasteiger partial charge in [0.25, 0.3) is 5.56 Å². The fourth-order valence-corrected chi connectivity index (χ4v) is 1.96. The molecule has 7 nitrogen and oxygen atoms in total. The van der Waals surface area contributed by atoms with Crippen molar-refractivity contribution >= 4 is 12.2 Å². The highest BCUT2D eigenvalue weighted by Gasteiger charge is 2.12. The van der Waals surface area contributed by atoms with Gasteiger partial charge < -0.3 is 4.42 Å². The van der Waals surface area contributed by atoms with E-state index in [-0.39, 0.29) is 11.5 Å². The average Bonchev–Trinajstić information content (AvgIpc) is 3.08. The van der Waals surface area contributed by atoms with Gasteiger partial charge in [0, 0.05) is 5.56 Å². The summed E-state index contributed by atoms with van der Waals surface area (Å²) in [5, 5.41) is 13.1. The minimum atomic E-state index is -0.531. The van der Waals surface area contributed by atoms with Crippen molar-refractivity contribution in [1.29, 1.82) is 5.26 Å². The van der Waals surface area contributed by atoms with Crippen LogP contribution in [0.3, 0.4) is 0 Å². The molecule has 0 saturated carbocycles. The van der Waals surface area contributed by atoms with Crippen molar-refractivity contribution in [1.82, 2.24) is 9.97 Å². The molecule has 23 heavy (non-hydrogen) atoms. The molecule has 0 amide bonds. The van der Waals surface area contributed by atoms with Crippen LogP contribution in [0.2, 0.25) is 0 Å². The van der Waals surface area contributed by atoms with Gasteiger partial charge >= 0.3 is 0 Å². The minimum absolute atomic E-state index is 0.0447. The highest BCUT2D eigenvalue weighted by molar-refractivity contribution is 5.76. The van der Waals surface area contributed by atoms with Gasteiger partial charge in [-0.2, -0.15) is 10.4 Å². The zero-order valence-electron chi connectivity index (χ0n) is 11.9. The molecule has 0 bridgehead atoms. The Balaban J connectivity index is 1.95. The van der Waals surface area contributed by atoms with Crippen molar-refractivity contribution in [2.24, 2.45) is 5.10 Å². The molecule has 0 aliphatic carbocycles. The number of aromatic nitrogens is 2. The number of hydrogen-bond acceptors (Lipinski definition) is 6. The molecule has 0 atom stereocenters. The molecule has 2 N–H and O–H groups in total. The number of benzene rings is 1. The largest absolute Gasteiger partial charge is 0.463 e. The highest BCUT2D eigenvalue weighted by atomic mass is 16.3. The van der Waals surface area contributed by atoms with E-state index in [1.54, 1.807) is 24.3 Å². The maximum atomic E-state index is 12.0. The second-order valence-corrected chi connectivity index (χ2v) is 4.50. The predicted octanol–water partition coefficient (Wildman–Crippen LogP) is 2.35. The van der Waals surface area contributed by atoms with Crippen LogP contribution in [0.5, 0.6) is 0 Å². The molecule has 2 heterocycles. The number of anilines is 1. The van der Waals surface area contributed by atoms with Gasteiger partial charge in [0.15, 0.2) is 0 Å². The quantitative estimate of drug-likeness (QED) is 0.568. The van der Waals surface area contributed by atoms with Crippen LogP contribution in [-0.2, 0) is 0 Å². The summed E-state index contributed by atoms with van der Waals surface area (Å²) < 4.78 is 5.10. The normalized spacial score (nSPS) is 10.6. The molecule has 112 valence electrons. The summed E-state index contributed by atoms with van der Waals surface area (Å²) in [7, 11) is 0. The number of furan rings is 1.